The fourth-order valence-electron chi connectivity index (χ4n) is 2.10. The first-order chi connectivity index (χ1) is 8.91. The second-order valence-electron chi connectivity index (χ2n) is 4.56. The standard InChI is InChI=1S/C13H15N3O3/c1-7-4-3-5-8(14)11(7)12(18)15-9-6-10(17)16(2)13(9)19/h3-5,9H,6,14H2,1-2H3,(H,15,18). The molecule has 3 amide bonds. The molecule has 0 aliphatic carbocycles. The van der Waals surface area contributed by atoms with Crippen LogP contribution < -0.4 is 11.1 Å². The summed E-state index contributed by atoms with van der Waals surface area (Å²) < 4.78 is 0. The van der Waals surface area contributed by atoms with E-state index >= 15 is 0 Å². The molecule has 1 aromatic carbocycles. The van der Waals surface area contributed by atoms with E-state index in [2.05, 4.69) is 5.32 Å². The first-order valence-electron chi connectivity index (χ1n) is 5.88. The number of amides is 3. The Labute approximate surface area is 110 Å². The molecule has 100 valence electrons. The fourth-order valence-corrected chi connectivity index (χ4v) is 2.10. The number of carbonyl (C=O) groups is 3. The number of hydrogen-bond donors (Lipinski definition) is 2. The van der Waals surface area contributed by atoms with Gasteiger partial charge in [-0.2, -0.15) is 0 Å². The van der Waals surface area contributed by atoms with Crippen LogP contribution in [0.4, 0.5) is 5.69 Å². The van der Waals surface area contributed by atoms with Gasteiger partial charge in [-0.25, -0.2) is 0 Å². The van der Waals surface area contributed by atoms with Crippen LogP contribution in [0, 0.1) is 6.92 Å². The molecule has 1 aliphatic rings. The second-order valence-corrected chi connectivity index (χ2v) is 4.56. The van der Waals surface area contributed by atoms with E-state index in [-0.39, 0.29) is 12.3 Å². The molecule has 0 spiro atoms. The van der Waals surface area contributed by atoms with Crippen molar-refractivity contribution in [1.82, 2.24) is 10.2 Å². The summed E-state index contributed by atoms with van der Waals surface area (Å²) in [5.74, 6) is -1.13. The van der Waals surface area contributed by atoms with Crippen LogP contribution >= 0.6 is 0 Å². The highest BCUT2D eigenvalue weighted by molar-refractivity contribution is 6.09. The third-order valence-corrected chi connectivity index (χ3v) is 3.22. The smallest absolute Gasteiger partial charge is 0.254 e. The molecule has 1 heterocycles. The first kappa shape index (κ1) is 13.1. The maximum absolute atomic E-state index is 12.1. The Morgan fingerprint density at radius 2 is 2.11 bits per heavy atom. The van der Waals surface area contributed by atoms with Crippen molar-refractivity contribution in [2.24, 2.45) is 0 Å². The molecule has 0 saturated carbocycles. The minimum Gasteiger partial charge on any atom is -0.398 e. The van der Waals surface area contributed by atoms with Gasteiger partial charge >= 0.3 is 0 Å². The van der Waals surface area contributed by atoms with Crippen molar-refractivity contribution in [3.8, 4) is 0 Å². The van der Waals surface area contributed by atoms with E-state index < -0.39 is 17.9 Å². The van der Waals surface area contributed by atoms with Crippen molar-refractivity contribution in [3.05, 3.63) is 29.3 Å². The van der Waals surface area contributed by atoms with E-state index in [1.54, 1.807) is 25.1 Å². The first-order valence-corrected chi connectivity index (χ1v) is 5.88. The third kappa shape index (κ3) is 2.29. The van der Waals surface area contributed by atoms with Gasteiger partial charge < -0.3 is 11.1 Å². The van der Waals surface area contributed by atoms with E-state index in [4.69, 9.17) is 5.73 Å². The minimum atomic E-state index is -0.802. The number of likely N-dealkylation sites (N-methyl/N-ethyl adjacent to an activating group) is 1. The molecule has 1 saturated heterocycles. The van der Waals surface area contributed by atoms with Gasteiger partial charge in [-0.3, -0.25) is 19.3 Å². The summed E-state index contributed by atoms with van der Waals surface area (Å²) in [5, 5.41) is 2.56. The molecule has 0 bridgehead atoms. The van der Waals surface area contributed by atoms with E-state index in [1.165, 1.54) is 7.05 Å². The summed E-state index contributed by atoms with van der Waals surface area (Å²) in [6.45, 7) is 1.76. The third-order valence-electron chi connectivity index (χ3n) is 3.22. The van der Waals surface area contributed by atoms with Crippen molar-refractivity contribution in [1.29, 1.82) is 0 Å². The van der Waals surface area contributed by atoms with Gasteiger partial charge in [-0.05, 0) is 18.6 Å². The maximum Gasteiger partial charge on any atom is 0.254 e. The highest BCUT2D eigenvalue weighted by Crippen LogP contribution is 2.17. The Morgan fingerprint density at radius 1 is 1.42 bits per heavy atom. The molecule has 6 nitrogen and oxygen atoms in total. The molecule has 3 N–H and O–H groups in total. The van der Waals surface area contributed by atoms with Gasteiger partial charge in [-0.1, -0.05) is 12.1 Å². The molecule has 2 rings (SSSR count). The summed E-state index contributed by atoms with van der Waals surface area (Å²) in [6.07, 6.45) is -0.00708. The van der Waals surface area contributed by atoms with Crippen molar-refractivity contribution in [2.45, 2.75) is 19.4 Å². The van der Waals surface area contributed by atoms with Gasteiger partial charge in [0, 0.05) is 12.7 Å². The van der Waals surface area contributed by atoms with Crippen molar-refractivity contribution in [2.75, 3.05) is 12.8 Å². The normalized spacial score (nSPS) is 18.8. The largest absolute Gasteiger partial charge is 0.398 e. The second kappa shape index (κ2) is 4.72. The molecule has 1 aliphatic heterocycles. The van der Waals surface area contributed by atoms with Gasteiger partial charge in [0.2, 0.25) is 5.91 Å². The molecule has 0 aromatic heterocycles. The van der Waals surface area contributed by atoms with Crippen molar-refractivity contribution in [3.63, 3.8) is 0 Å². The Bertz CT molecular complexity index is 548. The number of anilines is 1. The summed E-state index contributed by atoms with van der Waals surface area (Å²) in [5.41, 5.74) is 7.18. The van der Waals surface area contributed by atoms with E-state index in [9.17, 15) is 14.4 Å². The van der Waals surface area contributed by atoms with Crippen LogP contribution in [0.25, 0.3) is 0 Å². The minimum absolute atomic E-state index is 0.00708. The maximum atomic E-state index is 12.1. The Balaban J connectivity index is 2.19. The van der Waals surface area contributed by atoms with E-state index in [0.29, 0.717) is 11.3 Å². The lowest BCUT2D eigenvalue weighted by molar-refractivity contribution is -0.137. The van der Waals surface area contributed by atoms with Gasteiger partial charge in [0.1, 0.15) is 6.04 Å². The zero-order chi connectivity index (χ0) is 14.2. The summed E-state index contributed by atoms with van der Waals surface area (Å²) in [7, 11) is 1.40. The summed E-state index contributed by atoms with van der Waals surface area (Å²) in [4.78, 5) is 36.2. The average molecular weight is 261 g/mol. The molecule has 1 fully saturated rings. The molecule has 19 heavy (non-hydrogen) atoms. The van der Waals surface area contributed by atoms with Crippen molar-refractivity contribution < 1.29 is 14.4 Å². The molecule has 6 heteroatoms. The predicted molar refractivity (Wildman–Crippen MR) is 69.2 cm³/mol. The Kier molecular flexibility index (Phi) is 3.25. The van der Waals surface area contributed by atoms with Crippen LogP contribution in [-0.4, -0.2) is 35.7 Å². The number of hydrogen-bond acceptors (Lipinski definition) is 4. The monoisotopic (exact) mass is 261 g/mol. The number of carbonyl (C=O) groups excluding carboxylic acids is 3. The van der Waals surface area contributed by atoms with Gasteiger partial charge in [0.05, 0.1) is 12.0 Å². The topological polar surface area (TPSA) is 92.5 Å². The number of imide groups is 1. The fraction of sp³-hybridized carbons (Fsp3) is 0.308. The van der Waals surface area contributed by atoms with Crippen LogP contribution in [-0.2, 0) is 9.59 Å². The van der Waals surface area contributed by atoms with E-state index in [0.717, 1.165) is 10.5 Å². The highest BCUT2D eigenvalue weighted by Gasteiger charge is 2.37. The Morgan fingerprint density at radius 3 is 2.63 bits per heavy atom. The lowest BCUT2D eigenvalue weighted by Gasteiger charge is -2.13. The zero-order valence-electron chi connectivity index (χ0n) is 10.8. The van der Waals surface area contributed by atoms with Crippen LogP contribution in [0.15, 0.2) is 18.2 Å². The number of nitrogens with two attached hydrogens (primary N) is 1. The quantitative estimate of drug-likeness (QED) is 0.582. The highest BCUT2D eigenvalue weighted by atomic mass is 16.2. The number of likely N-dealkylation sites (tertiary alicyclic amines) is 1. The molecular weight excluding hydrogens is 246 g/mol. The summed E-state index contributed by atoms with van der Waals surface area (Å²) in [6, 6.07) is 4.33. The van der Waals surface area contributed by atoms with Crippen LogP contribution in [0.2, 0.25) is 0 Å². The number of nitrogens with zero attached hydrogens (tertiary/aromatic N) is 1. The number of aryl methyl sites for hydroxylation is 1. The van der Waals surface area contributed by atoms with Gasteiger partial charge in [-0.15, -0.1) is 0 Å². The number of nitrogens with one attached hydrogen (secondary N) is 1. The van der Waals surface area contributed by atoms with E-state index in [1.807, 2.05) is 0 Å². The number of nitrogen functional groups attached to an aromatic ring is 1. The lowest BCUT2D eigenvalue weighted by Crippen LogP contribution is -2.41. The van der Waals surface area contributed by atoms with Crippen LogP contribution in [0.3, 0.4) is 0 Å². The number of benzene rings is 1. The Hall–Kier alpha value is -2.37. The lowest BCUT2D eigenvalue weighted by atomic mass is 10.1. The molecule has 1 aromatic rings. The van der Waals surface area contributed by atoms with Crippen LogP contribution in [0.1, 0.15) is 22.3 Å². The van der Waals surface area contributed by atoms with Crippen molar-refractivity contribution >= 4 is 23.4 Å². The molecule has 1 atom stereocenters. The zero-order valence-corrected chi connectivity index (χ0v) is 10.8. The number of rotatable bonds is 2. The molecule has 1 unspecified atom stereocenters. The average Bonchev–Trinajstić information content (AvgIpc) is 2.57. The SMILES string of the molecule is Cc1cccc(N)c1C(=O)NC1CC(=O)N(C)C1=O. The molecule has 0 radical (unpaired) electrons. The van der Waals surface area contributed by atoms with Crippen LogP contribution in [0.5, 0.6) is 0 Å². The predicted octanol–water partition coefficient (Wildman–Crippen LogP) is 0.0643. The molecular formula is C13H15N3O3. The van der Waals surface area contributed by atoms with Gasteiger partial charge in [0.15, 0.2) is 0 Å². The summed E-state index contributed by atoms with van der Waals surface area (Å²) >= 11 is 0. The van der Waals surface area contributed by atoms with Gasteiger partial charge in [0.25, 0.3) is 11.8 Å².